The number of likely N-dealkylation sites (tertiary alicyclic amines) is 1. The molecule has 11 heteroatoms. The van der Waals surface area contributed by atoms with Gasteiger partial charge in [0.25, 0.3) is 5.82 Å². The van der Waals surface area contributed by atoms with Crippen molar-refractivity contribution < 1.29 is 13.2 Å². The van der Waals surface area contributed by atoms with Gasteiger partial charge in [-0.05, 0) is 93.1 Å². The Labute approximate surface area is 218 Å². The number of pyridine rings is 1. The van der Waals surface area contributed by atoms with Crippen LogP contribution in [0.25, 0.3) is 17.2 Å². The third-order valence-electron chi connectivity index (χ3n) is 7.40. The minimum Gasteiger partial charge on any atom is -0.324 e. The second-order valence-corrected chi connectivity index (χ2v) is 10.0. The summed E-state index contributed by atoms with van der Waals surface area (Å²) in [4.78, 5) is 10.9. The van der Waals surface area contributed by atoms with Crippen molar-refractivity contribution in [3.63, 3.8) is 0 Å². The zero-order chi connectivity index (χ0) is 26.3. The molecule has 1 N–H and O–H groups in total. The van der Waals surface area contributed by atoms with Gasteiger partial charge in [-0.1, -0.05) is 12.1 Å². The molecule has 6 rings (SSSR count). The van der Waals surface area contributed by atoms with Gasteiger partial charge in [0.15, 0.2) is 5.82 Å². The molecule has 1 atom stereocenters. The number of anilines is 2. The van der Waals surface area contributed by atoms with Crippen LogP contribution in [0.15, 0.2) is 48.7 Å². The van der Waals surface area contributed by atoms with Crippen LogP contribution in [0, 0.1) is 0 Å². The number of nitrogens with zero attached hydrogens (tertiary/aromatic N) is 7. The Morgan fingerprint density at radius 1 is 0.895 bits per heavy atom. The highest BCUT2D eigenvalue weighted by molar-refractivity contribution is 5.59. The lowest BCUT2D eigenvalue weighted by atomic mass is 10.0. The molecule has 0 radical (unpaired) electrons. The fourth-order valence-electron chi connectivity index (χ4n) is 5.48. The maximum absolute atomic E-state index is 13.6. The summed E-state index contributed by atoms with van der Waals surface area (Å²) in [7, 11) is 1.79. The van der Waals surface area contributed by atoms with Gasteiger partial charge >= 0.3 is 6.18 Å². The van der Waals surface area contributed by atoms with Gasteiger partial charge in [-0.3, -0.25) is 4.68 Å². The van der Waals surface area contributed by atoms with Crippen molar-refractivity contribution in [2.24, 2.45) is 7.05 Å². The summed E-state index contributed by atoms with van der Waals surface area (Å²) in [6.07, 6.45) is 3.82. The minimum atomic E-state index is -4.70. The number of hydrogen-bond donors (Lipinski definition) is 1. The molecule has 38 heavy (non-hydrogen) atoms. The lowest BCUT2D eigenvalue weighted by Crippen LogP contribution is -2.32. The van der Waals surface area contributed by atoms with Crippen molar-refractivity contribution in [3.05, 3.63) is 65.6 Å². The van der Waals surface area contributed by atoms with Gasteiger partial charge in [0.05, 0.1) is 5.69 Å². The molecule has 1 aliphatic heterocycles. The number of aromatic nitrogens is 6. The predicted molar refractivity (Wildman–Crippen MR) is 137 cm³/mol. The Hall–Kier alpha value is -3.73. The normalized spacial score (nSPS) is 18.4. The van der Waals surface area contributed by atoms with E-state index in [1.165, 1.54) is 37.1 Å². The highest BCUT2D eigenvalue weighted by Crippen LogP contribution is 2.32. The number of benzene rings is 1. The monoisotopic (exact) mass is 522 g/mol. The number of hydrogen-bond acceptors (Lipinski definition) is 6. The van der Waals surface area contributed by atoms with E-state index in [0.717, 1.165) is 30.4 Å². The Bertz CT molecular complexity index is 1430. The summed E-state index contributed by atoms with van der Waals surface area (Å²) in [6.45, 7) is 2.36. The number of rotatable bonds is 5. The molecule has 3 aromatic heterocycles. The molecule has 8 nitrogen and oxygen atoms in total. The molecule has 1 saturated heterocycles. The Morgan fingerprint density at radius 2 is 1.68 bits per heavy atom. The van der Waals surface area contributed by atoms with Gasteiger partial charge in [-0.2, -0.15) is 27.9 Å². The van der Waals surface area contributed by atoms with Crippen LogP contribution in [0.5, 0.6) is 0 Å². The van der Waals surface area contributed by atoms with Crippen molar-refractivity contribution in [2.45, 2.75) is 50.7 Å². The zero-order valence-electron chi connectivity index (χ0n) is 21.1. The fourth-order valence-corrected chi connectivity index (χ4v) is 5.48. The number of alkyl halides is 3. The van der Waals surface area contributed by atoms with Crippen LogP contribution in [0.4, 0.5) is 24.8 Å². The van der Waals surface area contributed by atoms with Crippen molar-refractivity contribution >= 4 is 11.6 Å². The van der Waals surface area contributed by atoms with Crippen LogP contribution in [0.3, 0.4) is 0 Å². The number of halogens is 3. The third-order valence-corrected chi connectivity index (χ3v) is 7.40. The molecule has 1 unspecified atom stereocenters. The van der Waals surface area contributed by atoms with E-state index in [1.807, 2.05) is 12.1 Å². The van der Waals surface area contributed by atoms with E-state index in [0.29, 0.717) is 23.1 Å². The Morgan fingerprint density at radius 3 is 2.42 bits per heavy atom. The van der Waals surface area contributed by atoms with Crippen molar-refractivity contribution in [1.29, 1.82) is 0 Å². The molecule has 1 aliphatic carbocycles. The van der Waals surface area contributed by atoms with Gasteiger partial charge in [-0.25, -0.2) is 4.98 Å². The molecule has 1 fully saturated rings. The first-order chi connectivity index (χ1) is 18.3. The van der Waals surface area contributed by atoms with Gasteiger partial charge in [0.1, 0.15) is 5.69 Å². The van der Waals surface area contributed by atoms with Crippen LogP contribution in [-0.2, 0) is 26.1 Å². The van der Waals surface area contributed by atoms with Gasteiger partial charge in [0, 0.05) is 25.0 Å². The maximum atomic E-state index is 13.6. The van der Waals surface area contributed by atoms with E-state index in [1.54, 1.807) is 42.2 Å². The van der Waals surface area contributed by atoms with Crippen molar-refractivity contribution in [2.75, 3.05) is 18.4 Å². The summed E-state index contributed by atoms with van der Waals surface area (Å²) in [5.74, 6) is -1.07. The average molecular weight is 523 g/mol. The number of aryl methyl sites for hydroxylation is 3. The van der Waals surface area contributed by atoms with Gasteiger partial charge < -0.3 is 10.2 Å². The topological polar surface area (TPSA) is 76.7 Å². The molecule has 0 spiro atoms. The minimum absolute atomic E-state index is 0.0495. The van der Waals surface area contributed by atoms with Crippen LogP contribution in [0.1, 0.15) is 42.6 Å². The largest absolute Gasteiger partial charge is 0.453 e. The maximum Gasteiger partial charge on any atom is 0.453 e. The highest BCUT2D eigenvalue weighted by atomic mass is 19.4. The standard InChI is InChI=1S/C27H29F3N8/c1-36-16-13-23(34-36)22-5-4-6-24(32-22)38-26(33-25(35-38)27(28,29)30)31-20-10-7-18-8-11-21(12-9-19(18)17-20)37-14-2-3-15-37/h4-7,10,13,16-17,21H,2-3,8-9,11-12,14-15H2,1H3,(H,31,33,35). The Balaban J connectivity index is 1.29. The second kappa shape index (κ2) is 9.86. The lowest BCUT2D eigenvalue weighted by Gasteiger charge is -2.25. The molecule has 2 aliphatic rings. The molecule has 0 amide bonds. The van der Waals surface area contributed by atoms with Crippen molar-refractivity contribution in [3.8, 4) is 17.2 Å². The van der Waals surface area contributed by atoms with Crippen LogP contribution in [-0.4, -0.2) is 53.6 Å². The van der Waals surface area contributed by atoms with Crippen LogP contribution < -0.4 is 5.32 Å². The van der Waals surface area contributed by atoms with E-state index >= 15 is 0 Å². The summed E-state index contributed by atoms with van der Waals surface area (Å²) in [6, 6.07) is 13.5. The lowest BCUT2D eigenvalue weighted by molar-refractivity contribution is -0.144. The van der Waals surface area contributed by atoms with Crippen LogP contribution in [0.2, 0.25) is 0 Å². The molecule has 0 bridgehead atoms. The molecular formula is C27H29F3N8. The first kappa shape index (κ1) is 24.6. The van der Waals surface area contributed by atoms with Gasteiger partial charge in [0.2, 0.25) is 5.95 Å². The molecule has 0 saturated carbocycles. The Kier molecular flexibility index (Phi) is 6.38. The molecule has 4 aromatic rings. The molecular weight excluding hydrogens is 493 g/mol. The molecule has 198 valence electrons. The molecule has 1 aromatic carbocycles. The quantitative estimate of drug-likeness (QED) is 0.365. The summed E-state index contributed by atoms with van der Waals surface area (Å²) in [5, 5.41) is 11.2. The molecule has 4 heterocycles. The fraction of sp³-hybridized carbons (Fsp3) is 0.407. The third kappa shape index (κ3) is 5.02. The van der Waals surface area contributed by atoms with E-state index < -0.39 is 12.0 Å². The smallest absolute Gasteiger partial charge is 0.324 e. The summed E-state index contributed by atoms with van der Waals surface area (Å²) >= 11 is 0. The van der Waals surface area contributed by atoms with E-state index in [2.05, 4.69) is 36.4 Å². The zero-order valence-corrected chi connectivity index (χ0v) is 21.1. The SMILES string of the molecule is Cn1ccc(-c2cccc(-n3nc(C(F)(F)F)nc3Nc3ccc4c(c3)CCC(N3CCCC3)CC4)n2)n1. The van der Waals surface area contributed by atoms with E-state index in [9.17, 15) is 13.2 Å². The first-order valence-electron chi connectivity index (χ1n) is 13.0. The van der Waals surface area contributed by atoms with Crippen molar-refractivity contribution in [1.82, 2.24) is 34.4 Å². The van der Waals surface area contributed by atoms with E-state index in [-0.39, 0.29) is 11.8 Å². The summed E-state index contributed by atoms with van der Waals surface area (Å²) in [5.41, 5.74) is 4.34. The second-order valence-electron chi connectivity index (χ2n) is 10.0. The predicted octanol–water partition coefficient (Wildman–Crippen LogP) is 5.17. The first-order valence-corrected chi connectivity index (χ1v) is 13.0. The number of nitrogens with one attached hydrogen (secondary N) is 1. The van der Waals surface area contributed by atoms with Crippen LogP contribution >= 0.6 is 0 Å². The van der Waals surface area contributed by atoms with E-state index in [4.69, 9.17) is 0 Å². The average Bonchev–Trinajstić information content (AvgIpc) is 3.64. The number of fused-ring (bicyclic) bond motifs is 1. The summed E-state index contributed by atoms with van der Waals surface area (Å²) < 4.78 is 43.6. The van der Waals surface area contributed by atoms with Gasteiger partial charge in [-0.15, -0.1) is 5.10 Å². The highest BCUT2D eigenvalue weighted by Gasteiger charge is 2.37.